The van der Waals surface area contributed by atoms with E-state index in [2.05, 4.69) is 33.7 Å². The molecule has 0 radical (unpaired) electrons. The Hall–Kier alpha value is -3.15. The first kappa shape index (κ1) is 19.2. The number of oxime groups is 1. The van der Waals surface area contributed by atoms with Gasteiger partial charge in [-0.15, -0.1) is 0 Å². The lowest BCUT2D eigenvalue weighted by molar-refractivity contribution is 0.321. The molecule has 0 amide bonds. The van der Waals surface area contributed by atoms with Crippen molar-refractivity contribution in [2.45, 2.75) is 44.9 Å². The number of nitrogens with zero attached hydrogens (tertiary/aromatic N) is 3. The molecule has 29 heavy (non-hydrogen) atoms. The molecular weight excluding hydrogens is 364 g/mol. The first-order valence-corrected chi connectivity index (χ1v) is 10.3. The van der Waals surface area contributed by atoms with E-state index in [0.717, 1.165) is 49.7 Å². The number of nitrogens with one attached hydrogen (secondary N) is 1. The molecule has 2 heterocycles. The molecule has 1 aliphatic rings. The van der Waals surface area contributed by atoms with Crippen LogP contribution in [0, 0.1) is 0 Å². The normalized spacial score (nSPS) is 14.1. The van der Waals surface area contributed by atoms with Crippen molar-refractivity contribution in [3.05, 3.63) is 59.0 Å². The van der Waals surface area contributed by atoms with Gasteiger partial charge in [-0.2, -0.15) is 0 Å². The van der Waals surface area contributed by atoms with Crippen LogP contribution in [0.5, 0.6) is 5.75 Å². The molecular formula is C23H26N4O2. The zero-order valence-electron chi connectivity index (χ0n) is 16.4. The maximum Gasteiger partial charge on any atom is 0.142 e. The van der Waals surface area contributed by atoms with Crippen molar-refractivity contribution in [2.75, 3.05) is 11.9 Å². The summed E-state index contributed by atoms with van der Waals surface area (Å²) in [7, 11) is 0. The minimum Gasteiger partial charge on any atom is -0.506 e. The molecule has 0 aliphatic heterocycles. The van der Waals surface area contributed by atoms with Gasteiger partial charge in [0.25, 0.3) is 0 Å². The third-order valence-electron chi connectivity index (χ3n) is 5.47. The van der Waals surface area contributed by atoms with Gasteiger partial charge in [-0.1, -0.05) is 29.8 Å². The van der Waals surface area contributed by atoms with E-state index in [-0.39, 0.29) is 11.4 Å². The number of aromatic hydroxyl groups is 1. The highest BCUT2D eigenvalue weighted by Crippen LogP contribution is 2.32. The average Bonchev–Trinajstić information content (AvgIpc) is 2.98. The Morgan fingerprint density at radius 2 is 1.90 bits per heavy atom. The van der Waals surface area contributed by atoms with Gasteiger partial charge >= 0.3 is 0 Å². The van der Waals surface area contributed by atoms with Crippen LogP contribution in [0.15, 0.2) is 41.6 Å². The quantitative estimate of drug-likeness (QED) is 0.190. The van der Waals surface area contributed by atoms with Crippen LogP contribution in [-0.2, 0) is 19.3 Å². The van der Waals surface area contributed by atoms with Gasteiger partial charge in [0.05, 0.1) is 11.7 Å². The number of benzene rings is 1. The molecule has 1 aromatic carbocycles. The number of aromatic nitrogens is 2. The molecule has 3 N–H and O–H groups in total. The molecule has 0 bridgehead atoms. The Labute approximate surface area is 170 Å². The molecule has 6 nitrogen and oxygen atoms in total. The Morgan fingerprint density at radius 1 is 1.03 bits per heavy atom. The molecule has 3 aromatic rings. The van der Waals surface area contributed by atoms with Crippen LogP contribution in [0.4, 0.5) is 5.69 Å². The molecule has 0 unspecified atom stereocenters. The lowest BCUT2D eigenvalue weighted by atomic mass is 10.0. The first-order chi connectivity index (χ1) is 14.3. The zero-order valence-corrected chi connectivity index (χ0v) is 16.4. The second-order valence-electron chi connectivity index (χ2n) is 7.47. The lowest BCUT2D eigenvalue weighted by Gasteiger charge is -2.17. The van der Waals surface area contributed by atoms with E-state index in [1.165, 1.54) is 41.6 Å². The fourth-order valence-corrected chi connectivity index (χ4v) is 4.03. The number of fused-ring (bicyclic) bond motifs is 2. The highest BCUT2D eigenvalue weighted by atomic mass is 16.4. The monoisotopic (exact) mass is 390 g/mol. The minimum absolute atomic E-state index is 0.00984. The zero-order chi connectivity index (χ0) is 20.1. The molecule has 0 atom stereocenters. The fourth-order valence-electron chi connectivity index (χ4n) is 4.03. The maximum absolute atomic E-state index is 9.74. The van der Waals surface area contributed by atoms with Crippen molar-refractivity contribution < 1.29 is 10.3 Å². The van der Waals surface area contributed by atoms with Crippen molar-refractivity contribution >= 4 is 22.8 Å². The average molecular weight is 390 g/mol. The summed E-state index contributed by atoms with van der Waals surface area (Å²) < 4.78 is 0. The van der Waals surface area contributed by atoms with Gasteiger partial charge in [0, 0.05) is 29.0 Å². The van der Waals surface area contributed by atoms with E-state index in [1.807, 2.05) is 6.07 Å². The van der Waals surface area contributed by atoms with Gasteiger partial charge in [-0.25, -0.2) is 4.98 Å². The van der Waals surface area contributed by atoms with E-state index < -0.39 is 0 Å². The summed E-state index contributed by atoms with van der Waals surface area (Å²) in [6, 6.07) is 11.8. The Balaban J connectivity index is 1.50. The van der Waals surface area contributed by atoms with Gasteiger partial charge < -0.3 is 15.6 Å². The van der Waals surface area contributed by atoms with Crippen molar-refractivity contribution in [3.8, 4) is 5.75 Å². The van der Waals surface area contributed by atoms with Crippen LogP contribution in [0.2, 0.25) is 0 Å². The molecule has 150 valence electrons. The smallest absolute Gasteiger partial charge is 0.142 e. The van der Waals surface area contributed by atoms with Crippen molar-refractivity contribution in [1.82, 2.24) is 9.97 Å². The third kappa shape index (κ3) is 4.31. The van der Waals surface area contributed by atoms with Crippen LogP contribution >= 0.6 is 0 Å². The number of anilines is 1. The van der Waals surface area contributed by atoms with E-state index in [0.29, 0.717) is 0 Å². The van der Waals surface area contributed by atoms with Gasteiger partial charge in [0.2, 0.25) is 0 Å². The number of aryl methyl sites for hydroxylation is 2. The first-order valence-electron chi connectivity index (χ1n) is 10.3. The van der Waals surface area contributed by atoms with Gasteiger partial charge in [-0.3, -0.25) is 4.98 Å². The summed E-state index contributed by atoms with van der Waals surface area (Å²) in [6.07, 6.45) is 8.65. The van der Waals surface area contributed by atoms with Crippen molar-refractivity contribution in [3.63, 3.8) is 0 Å². The Morgan fingerprint density at radius 3 is 2.79 bits per heavy atom. The second-order valence-corrected chi connectivity index (χ2v) is 7.47. The number of pyridine rings is 2. The second kappa shape index (κ2) is 8.90. The lowest BCUT2D eigenvalue weighted by Crippen LogP contribution is -2.09. The maximum atomic E-state index is 9.74. The molecule has 0 saturated carbocycles. The summed E-state index contributed by atoms with van der Waals surface area (Å²) in [5.41, 5.74) is 6.06. The molecule has 4 rings (SSSR count). The predicted octanol–water partition coefficient (Wildman–Crippen LogP) is 4.46. The Bertz CT molecular complexity index is 1030. The van der Waals surface area contributed by atoms with Crippen molar-refractivity contribution in [2.24, 2.45) is 5.16 Å². The van der Waals surface area contributed by atoms with Crippen LogP contribution in [-0.4, -0.2) is 33.0 Å². The summed E-state index contributed by atoms with van der Waals surface area (Å²) in [6.45, 7) is 0.826. The topological polar surface area (TPSA) is 90.6 Å². The molecule has 0 saturated heterocycles. The number of hydrogen-bond donors (Lipinski definition) is 3. The van der Waals surface area contributed by atoms with Crippen LogP contribution in [0.1, 0.15) is 48.3 Å². The molecule has 0 spiro atoms. The Kier molecular flexibility index (Phi) is 5.89. The van der Waals surface area contributed by atoms with Gasteiger partial charge in [0.1, 0.15) is 11.4 Å². The number of hydrogen-bond acceptors (Lipinski definition) is 6. The van der Waals surface area contributed by atoms with Gasteiger partial charge in [-0.05, 0) is 62.3 Å². The molecule has 1 aliphatic carbocycles. The number of para-hydroxylation sites is 1. The molecule has 2 aromatic heterocycles. The SMILES string of the molecule is ON=Cc1nc(CCCNc2c3c(nc4ccccc24)CCCCC3)ccc1O. The summed E-state index contributed by atoms with van der Waals surface area (Å²) in [5, 5.41) is 26.3. The fraction of sp³-hybridized carbons (Fsp3) is 0.348. The molecule has 6 heteroatoms. The van der Waals surface area contributed by atoms with Crippen LogP contribution in [0.25, 0.3) is 10.9 Å². The van der Waals surface area contributed by atoms with Gasteiger partial charge in [0.15, 0.2) is 0 Å². The highest BCUT2D eigenvalue weighted by molar-refractivity contribution is 5.93. The third-order valence-corrected chi connectivity index (χ3v) is 5.47. The largest absolute Gasteiger partial charge is 0.506 e. The van der Waals surface area contributed by atoms with E-state index in [9.17, 15) is 5.11 Å². The van der Waals surface area contributed by atoms with E-state index >= 15 is 0 Å². The summed E-state index contributed by atoms with van der Waals surface area (Å²) >= 11 is 0. The minimum atomic E-state index is 0.00984. The predicted molar refractivity (Wildman–Crippen MR) is 115 cm³/mol. The number of rotatable bonds is 6. The van der Waals surface area contributed by atoms with Crippen LogP contribution in [0.3, 0.4) is 0 Å². The highest BCUT2D eigenvalue weighted by Gasteiger charge is 2.16. The van der Waals surface area contributed by atoms with Crippen molar-refractivity contribution in [1.29, 1.82) is 0 Å². The summed E-state index contributed by atoms with van der Waals surface area (Å²) in [4.78, 5) is 9.28. The van der Waals surface area contributed by atoms with Crippen LogP contribution < -0.4 is 5.32 Å². The van der Waals surface area contributed by atoms with E-state index in [4.69, 9.17) is 10.2 Å². The standard InChI is InChI=1S/C23H26N4O2/c28-22-13-12-16(26-21(22)15-25-29)7-6-14-24-23-17-8-2-1-3-10-19(17)27-20-11-5-4-9-18(20)23/h4-5,9,11-13,15,28-29H,1-3,6-8,10,14H2,(H,24,27). The summed E-state index contributed by atoms with van der Waals surface area (Å²) in [5.74, 6) is 0.00984. The van der Waals surface area contributed by atoms with E-state index in [1.54, 1.807) is 12.1 Å². The molecule has 0 fully saturated rings.